The highest BCUT2D eigenvalue weighted by Crippen LogP contribution is 2.25. The molecule has 1 aromatic heterocycles. The lowest BCUT2D eigenvalue weighted by Crippen LogP contribution is -2.07. The molecule has 0 spiro atoms. The van der Waals surface area contributed by atoms with Gasteiger partial charge in [0.1, 0.15) is 11.8 Å². The fourth-order valence-corrected chi connectivity index (χ4v) is 2.54. The number of rotatable bonds is 2. The van der Waals surface area contributed by atoms with E-state index in [1.54, 1.807) is 0 Å². The van der Waals surface area contributed by atoms with Crippen LogP contribution in [0.4, 0.5) is 0 Å². The van der Waals surface area contributed by atoms with Crippen LogP contribution >= 0.6 is 0 Å². The molecular formula is C18H14N2O. The zero-order chi connectivity index (χ0) is 14.1. The van der Waals surface area contributed by atoms with Crippen LogP contribution in [-0.4, -0.2) is 17.4 Å². The molecule has 0 radical (unpaired) electrons. The molecule has 3 heteroatoms. The Kier molecular flexibility index (Phi) is 2.89. The smallest absolute Gasteiger partial charge is 0.236 e. The molecule has 3 nitrogen and oxygen atoms in total. The Morgan fingerprint density at radius 2 is 1.67 bits per heavy atom. The first-order chi connectivity index (χ1) is 10.4. The van der Waals surface area contributed by atoms with E-state index in [2.05, 4.69) is 34.2 Å². The SMILES string of the molecule is c1ccc([C@@H]2CN=C(c3ccc4ccccc4n3)O2)cc1. The molecule has 2 aromatic carbocycles. The van der Waals surface area contributed by atoms with Crippen molar-refractivity contribution in [3.05, 3.63) is 78.0 Å². The van der Waals surface area contributed by atoms with Gasteiger partial charge in [-0.1, -0.05) is 54.6 Å². The summed E-state index contributed by atoms with van der Waals surface area (Å²) in [5, 5.41) is 1.12. The number of para-hydroxylation sites is 1. The summed E-state index contributed by atoms with van der Waals surface area (Å²) in [5.41, 5.74) is 2.91. The molecule has 0 saturated carbocycles. The molecular weight excluding hydrogens is 260 g/mol. The van der Waals surface area contributed by atoms with Gasteiger partial charge in [-0.15, -0.1) is 0 Å². The molecule has 0 amide bonds. The molecule has 0 fully saturated rings. The number of benzene rings is 2. The molecule has 1 aliphatic heterocycles. The Labute approximate surface area is 122 Å². The molecule has 3 aromatic rings. The Hall–Kier alpha value is -2.68. The van der Waals surface area contributed by atoms with Crippen molar-refractivity contribution in [2.45, 2.75) is 6.10 Å². The number of hydrogen-bond acceptors (Lipinski definition) is 3. The standard InChI is InChI=1S/C18H14N2O/c1-2-7-14(8-3-1)17-12-19-18(21-17)16-11-10-13-6-4-5-9-15(13)20-16/h1-11,17H,12H2/t17-/m0/s1. The van der Waals surface area contributed by atoms with Crippen molar-refractivity contribution in [3.63, 3.8) is 0 Å². The fourth-order valence-electron chi connectivity index (χ4n) is 2.54. The summed E-state index contributed by atoms with van der Waals surface area (Å²) in [7, 11) is 0. The van der Waals surface area contributed by atoms with Crippen LogP contribution in [0.5, 0.6) is 0 Å². The van der Waals surface area contributed by atoms with Crippen molar-refractivity contribution in [2.24, 2.45) is 4.99 Å². The first-order valence-electron chi connectivity index (χ1n) is 7.02. The van der Waals surface area contributed by atoms with Gasteiger partial charge in [0.2, 0.25) is 5.90 Å². The quantitative estimate of drug-likeness (QED) is 0.713. The predicted molar refractivity (Wildman–Crippen MR) is 83.4 cm³/mol. The lowest BCUT2D eigenvalue weighted by molar-refractivity contribution is 0.230. The molecule has 21 heavy (non-hydrogen) atoms. The minimum Gasteiger partial charge on any atom is -0.466 e. The number of pyridine rings is 1. The Balaban J connectivity index is 1.62. The summed E-state index contributed by atoms with van der Waals surface area (Å²) in [6.45, 7) is 0.647. The summed E-state index contributed by atoms with van der Waals surface area (Å²) in [5.74, 6) is 0.634. The van der Waals surface area contributed by atoms with Crippen LogP contribution in [0.2, 0.25) is 0 Å². The van der Waals surface area contributed by atoms with Crippen molar-refractivity contribution in [1.82, 2.24) is 4.98 Å². The van der Waals surface area contributed by atoms with Gasteiger partial charge in [0.15, 0.2) is 0 Å². The zero-order valence-corrected chi connectivity index (χ0v) is 11.4. The number of aliphatic imine (C=N–C) groups is 1. The van der Waals surface area contributed by atoms with E-state index in [0.29, 0.717) is 12.4 Å². The molecule has 0 N–H and O–H groups in total. The van der Waals surface area contributed by atoms with Gasteiger partial charge >= 0.3 is 0 Å². The van der Waals surface area contributed by atoms with Crippen LogP contribution in [0.3, 0.4) is 0 Å². The average molecular weight is 274 g/mol. The molecule has 0 unspecified atom stereocenters. The first kappa shape index (κ1) is 12.1. The lowest BCUT2D eigenvalue weighted by atomic mass is 10.1. The molecule has 0 bridgehead atoms. The second kappa shape index (κ2) is 5.02. The minimum atomic E-state index is -0.00512. The Morgan fingerprint density at radius 3 is 2.57 bits per heavy atom. The second-order valence-electron chi connectivity index (χ2n) is 5.05. The van der Waals surface area contributed by atoms with E-state index in [9.17, 15) is 0 Å². The maximum Gasteiger partial charge on any atom is 0.236 e. The largest absolute Gasteiger partial charge is 0.466 e. The number of fused-ring (bicyclic) bond motifs is 1. The summed E-state index contributed by atoms with van der Waals surface area (Å²) in [4.78, 5) is 9.13. The molecule has 2 heterocycles. The van der Waals surface area contributed by atoms with E-state index in [4.69, 9.17) is 4.74 Å². The zero-order valence-electron chi connectivity index (χ0n) is 11.4. The van der Waals surface area contributed by atoms with Crippen LogP contribution in [0.25, 0.3) is 10.9 Å². The maximum atomic E-state index is 5.97. The van der Waals surface area contributed by atoms with Crippen molar-refractivity contribution < 1.29 is 4.74 Å². The monoisotopic (exact) mass is 274 g/mol. The molecule has 0 aliphatic carbocycles. The first-order valence-corrected chi connectivity index (χ1v) is 7.02. The third-order valence-electron chi connectivity index (χ3n) is 3.64. The van der Waals surface area contributed by atoms with Gasteiger partial charge in [-0.05, 0) is 17.7 Å². The van der Waals surface area contributed by atoms with E-state index in [-0.39, 0.29) is 6.10 Å². The van der Waals surface area contributed by atoms with Crippen LogP contribution in [0.1, 0.15) is 17.4 Å². The highest BCUT2D eigenvalue weighted by molar-refractivity contribution is 5.95. The lowest BCUT2D eigenvalue weighted by Gasteiger charge is -2.11. The summed E-state index contributed by atoms with van der Waals surface area (Å²) < 4.78 is 5.97. The number of aromatic nitrogens is 1. The van der Waals surface area contributed by atoms with Gasteiger partial charge in [0.05, 0.1) is 12.1 Å². The molecule has 4 rings (SSSR count). The fraction of sp³-hybridized carbons (Fsp3) is 0.111. The van der Waals surface area contributed by atoms with Gasteiger partial charge in [-0.2, -0.15) is 0 Å². The van der Waals surface area contributed by atoms with Crippen LogP contribution in [0, 0.1) is 0 Å². The van der Waals surface area contributed by atoms with Gasteiger partial charge in [-0.3, -0.25) is 0 Å². The minimum absolute atomic E-state index is 0.00512. The predicted octanol–water partition coefficient (Wildman–Crippen LogP) is 3.75. The normalized spacial score (nSPS) is 17.5. The van der Waals surface area contributed by atoms with Gasteiger partial charge < -0.3 is 4.74 Å². The van der Waals surface area contributed by atoms with Gasteiger partial charge in [-0.25, -0.2) is 9.98 Å². The third-order valence-corrected chi connectivity index (χ3v) is 3.64. The highest BCUT2D eigenvalue weighted by Gasteiger charge is 2.23. The Morgan fingerprint density at radius 1 is 0.857 bits per heavy atom. The number of hydrogen-bond donors (Lipinski definition) is 0. The average Bonchev–Trinajstić information content (AvgIpc) is 3.05. The third kappa shape index (κ3) is 2.27. The maximum absolute atomic E-state index is 5.97. The molecule has 102 valence electrons. The van der Waals surface area contributed by atoms with Crippen molar-refractivity contribution in [3.8, 4) is 0 Å². The molecule has 0 saturated heterocycles. The van der Waals surface area contributed by atoms with Crippen molar-refractivity contribution >= 4 is 16.8 Å². The summed E-state index contributed by atoms with van der Waals surface area (Å²) in [6, 6.07) is 22.3. The second-order valence-corrected chi connectivity index (χ2v) is 5.05. The van der Waals surface area contributed by atoms with E-state index in [1.165, 1.54) is 0 Å². The van der Waals surface area contributed by atoms with Crippen molar-refractivity contribution in [2.75, 3.05) is 6.54 Å². The Bertz CT molecular complexity index is 812. The van der Waals surface area contributed by atoms with Crippen molar-refractivity contribution in [1.29, 1.82) is 0 Å². The van der Waals surface area contributed by atoms with E-state index in [0.717, 1.165) is 22.2 Å². The number of nitrogens with zero attached hydrogens (tertiary/aromatic N) is 2. The van der Waals surface area contributed by atoms with Crippen LogP contribution in [-0.2, 0) is 4.74 Å². The van der Waals surface area contributed by atoms with E-state index < -0.39 is 0 Å². The highest BCUT2D eigenvalue weighted by atomic mass is 16.5. The summed E-state index contributed by atoms with van der Waals surface area (Å²) >= 11 is 0. The van der Waals surface area contributed by atoms with Gasteiger partial charge in [0.25, 0.3) is 0 Å². The van der Waals surface area contributed by atoms with E-state index >= 15 is 0 Å². The van der Waals surface area contributed by atoms with E-state index in [1.807, 2.05) is 42.5 Å². The molecule has 1 aliphatic rings. The molecule has 1 atom stereocenters. The topological polar surface area (TPSA) is 34.5 Å². The van der Waals surface area contributed by atoms with Gasteiger partial charge in [0, 0.05) is 5.39 Å². The van der Waals surface area contributed by atoms with Crippen LogP contribution in [0.15, 0.2) is 71.7 Å². The number of ether oxygens (including phenoxy) is 1. The summed E-state index contributed by atoms with van der Waals surface area (Å²) in [6.07, 6.45) is -0.00512. The van der Waals surface area contributed by atoms with Crippen LogP contribution < -0.4 is 0 Å².